The molecule has 3 aromatic rings. The van der Waals surface area contributed by atoms with Gasteiger partial charge in [0.1, 0.15) is 0 Å². The third-order valence-electron chi connectivity index (χ3n) is 4.38. The van der Waals surface area contributed by atoms with E-state index in [0.29, 0.717) is 16.8 Å². The number of hydrogen-bond donors (Lipinski definition) is 2. The molecule has 2 amide bonds. The van der Waals surface area contributed by atoms with Crippen LogP contribution < -0.4 is 10.6 Å². The minimum Gasteiger partial charge on any atom is -0.345 e. The highest BCUT2D eigenvalue weighted by Gasteiger charge is 2.16. The second kappa shape index (κ2) is 8.32. The second-order valence-corrected chi connectivity index (χ2v) is 6.47. The molecule has 0 aromatic heterocycles. The van der Waals surface area contributed by atoms with Gasteiger partial charge in [-0.1, -0.05) is 60.2 Å². The van der Waals surface area contributed by atoms with Crippen LogP contribution >= 0.6 is 0 Å². The molecule has 2 N–H and O–H groups in total. The summed E-state index contributed by atoms with van der Waals surface area (Å²) in [6.45, 7) is 3.90. The number of aryl methyl sites for hydroxylation is 1. The maximum atomic E-state index is 12.7. The number of amides is 2. The number of carbonyl (C=O) groups is 2. The molecule has 1 atom stereocenters. The molecule has 27 heavy (non-hydrogen) atoms. The van der Waals surface area contributed by atoms with Gasteiger partial charge in [-0.15, -0.1) is 0 Å². The fourth-order valence-electron chi connectivity index (χ4n) is 2.79. The van der Waals surface area contributed by atoms with Gasteiger partial charge < -0.3 is 10.6 Å². The van der Waals surface area contributed by atoms with E-state index in [1.165, 1.54) is 0 Å². The normalized spacial score (nSPS) is 11.5. The molecule has 0 unspecified atom stereocenters. The Hall–Kier alpha value is -3.40. The van der Waals surface area contributed by atoms with Crippen LogP contribution in [-0.4, -0.2) is 11.8 Å². The van der Waals surface area contributed by atoms with Gasteiger partial charge in [-0.2, -0.15) is 0 Å². The summed E-state index contributed by atoms with van der Waals surface area (Å²) in [7, 11) is 0. The van der Waals surface area contributed by atoms with Gasteiger partial charge >= 0.3 is 0 Å². The topological polar surface area (TPSA) is 58.2 Å². The largest absolute Gasteiger partial charge is 0.345 e. The Kier molecular flexibility index (Phi) is 5.67. The average molecular weight is 358 g/mol. The van der Waals surface area contributed by atoms with Crippen LogP contribution in [0.25, 0.3) is 0 Å². The first kappa shape index (κ1) is 18.4. The molecule has 136 valence electrons. The van der Waals surface area contributed by atoms with E-state index in [-0.39, 0.29) is 17.9 Å². The predicted octanol–water partition coefficient (Wildman–Crippen LogP) is 4.74. The molecule has 0 spiro atoms. The highest BCUT2D eigenvalue weighted by atomic mass is 16.2. The summed E-state index contributed by atoms with van der Waals surface area (Å²) in [5.41, 5.74) is 3.57. The Morgan fingerprint density at radius 2 is 1.41 bits per heavy atom. The molecule has 0 fully saturated rings. The molecule has 0 aliphatic carbocycles. The van der Waals surface area contributed by atoms with Crippen molar-refractivity contribution in [3.05, 3.63) is 101 Å². The van der Waals surface area contributed by atoms with Gasteiger partial charge in [-0.05, 0) is 43.7 Å². The van der Waals surface area contributed by atoms with Crippen molar-refractivity contribution in [2.75, 3.05) is 5.32 Å². The van der Waals surface area contributed by atoms with E-state index in [1.54, 1.807) is 36.4 Å². The third kappa shape index (κ3) is 4.61. The Morgan fingerprint density at radius 3 is 2.11 bits per heavy atom. The third-order valence-corrected chi connectivity index (χ3v) is 4.38. The van der Waals surface area contributed by atoms with Gasteiger partial charge in [0.2, 0.25) is 0 Å². The number of hydrogen-bond acceptors (Lipinski definition) is 2. The van der Waals surface area contributed by atoms with Crippen molar-refractivity contribution >= 4 is 17.5 Å². The molecule has 3 aromatic carbocycles. The number of rotatable bonds is 5. The first-order valence-electron chi connectivity index (χ1n) is 8.87. The minimum atomic E-state index is -0.244. The minimum absolute atomic E-state index is 0.139. The fourth-order valence-corrected chi connectivity index (χ4v) is 2.79. The van der Waals surface area contributed by atoms with Crippen molar-refractivity contribution in [1.82, 2.24) is 5.32 Å². The van der Waals surface area contributed by atoms with Crippen LogP contribution in [0.5, 0.6) is 0 Å². The van der Waals surface area contributed by atoms with E-state index in [1.807, 2.05) is 56.3 Å². The van der Waals surface area contributed by atoms with Gasteiger partial charge in [0.15, 0.2) is 0 Å². The Labute approximate surface area is 159 Å². The van der Waals surface area contributed by atoms with Gasteiger partial charge in [0.05, 0.1) is 17.3 Å². The first-order chi connectivity index (χ1) is 13.0. The Bertz CT molecular complexity index is 934. The summed E-state index contributed by atoms with van der Waals surface area (Å²) >= 11 is 0. The van der Waals surface area contributed by atoms with E-state index in [4.69, 9.17) is 0 Å². The number of anilines is 1. The molecular weight excluding hydrogens is 336 g/mol. The van der Waals surface area contributed by atoms with Crippen LogP contribution in [0.3, 0.4) is 0 Å². The number of para-hydroxylation sites is 1. The van der Waals surface area contributed by atoms with Gasteiger partial charge in [0, 0.05) is 5.56 Å². The highest BCUT2D eigenvalue weighted by molar-refractivity contribution is 6.09. The Balaban J connectivity index is 1.76. The summed E-state index contributed by atoms with van der Waals surface area (Å²) in [5, 5.41) is 5.82. The zero-order valence-electron chi connectivity index (χ0n) is 15.4. The highest BCUT2D eigenvalue weighted by Crippen LogP contribution is 2.19. The number of carbonyl (C=O) groups excluding carboxylic acids is 2. The summed E-state index contributed by atoms with van der Waals surface area (Å²) in [6.07, 6.45) is 0. The molecule has 4 nitrogen and oxygen atoms in total. The van der Waals surface area contributed by atoms with Crippen LogP contribution in [0, 0.1) is 6.92 Å². The lowest BCUT2D eigenvalue weighted by Gasteiger charge is -2.16. The van der Waals surface area contributed by atoms with E-state index >= 15 is 0 Å². The van der Waals surface area contributed by atoms with Crippen LogP contribution in [0.15, 0.2) is 78.9 Å². The lowest BCUT2D eigenvalue weighted by molar-refractivity contribution is 0.0941. The van der Waals surface area contributed by atoms with E-state index < -0.39 is 0 Å². The lowest BCUT2D eigenvalue weighted by atomic mass is 10.1. The van der Waals surface area contributed by atoms with Crippen LogP contribution in [0.4, 0.5) is 5.69 Å². The van der Waals surface area contributed by atoms with Gasteiger partial charge in [0.25, 0.3) is 11.8 Å². The van der Waals surface area contributed by atoms with Crippen molar-refractivity contribution in [2.45, 2.75) is 19.9 Å². The molecule has 0 bridgehead atoms. The quantitative estimate of drug-likeness (QED) is 0.692. The summed E-state index contributed by atoms with van der Waals surface area (Å²) < 4.78 is 0. The summed E-state index contributed by atoms with van der Waals surface area (Å²) in [5.74, 6) is -0.475. The Morgan fingerprint density at radius 1 is 0.778 bits per heavy atom. The van der Waals surface area contributed by atoms with E-state index in [0.717, 1.165) is 11.1 Å². The maximum Gasteiger partial charge on any atom is 0.255 e. The maximum absolute atomic E-state index is 12.7. The molecule has 4 heteroatoms. The number of benzene rings is 3. The lowest BCUT2D eigenvalue weighted by Crippen LogP contribution is -2.28. The zero-order chi connectivity index (χ0) is 19.2. The molecule has 3 rings (SSSR count). The van der Waals surface area contributed by atoms with E-state index in [2.05, 4.69) is 10.6 Å². The van der Waals surface area contributed by atoms with Crippen molar-refractivity contribution < 1.29 is 9.59 Å². The molecule has 0 aliphatic rings. The molecule has 0 radical (unpaired) electrons. The van der Waals surface area contributed by atoms with Crippen molar-refractivity contribution in [1.29, 1.82) is 0 Å². The van der Waals surface area contributed by atoms with Crippen molar-refractivity contribution in [2.24, 2.45) is 0 Å². The monoisotopic (exact) mass is 358 g/mol. The number of nitrogens with one attached hydrogen (secondary N) is 2. The van der Waals surface area contributed by atoms with Gasteiger partial charge in [-0.25, -0.2) is 0 Å². The smallest absolute Gasteiger partial charge is 0.255 e. The summed E-state index contributed by atoms with van der Waals surface area (Å²) in [6, 6.07) is 23.9. The van der Waals surface area contributed by atoms with Crippen LogP contribution in [0.2, 0.25) is 0 Å². The summed E-state index contributed by atoms with van der Waals surface area (Å²) in [4.78, 5) is 25.3. The van der Waals surface area contributed by atoms with E-state index in [9.17, 15) is 9.59 Å². The molecule has 0 heterocycles. The standard InChI is InChI=1S/C23H22N2O2/c1-16-12-14-19(15-13-16)22(26)25-21-11-7-6-10-20(21)23(27)24-17(2)18-8-4-3-5-9-18/h3-15,17H,1-2H3,(H,24,27)(H,25,26)/t17-/m0/s1. The molecule has 0 saturated carbocycles. The van der Waals surface area contributed by atoms with Crippen LogP contribution in [-0.2, 0) is 0 Å². The molecular formula is C23H22N2O2. The average Bonchev–Trinajstić information content (AvgIpc) is 2.69. The van der Waals surface area contributed by atoms with Gasteiger partial charge in [-0.3, -0.25) is 9.59 Å². The SMILES string of the molecule is Cc1ccc(C(=O)Nc2ccccc2C(=O)N[C@@H](C)c2ccccc2)cc1. The fraction of sp³-hybridized carbons (Fsp3) is 0.130. The molecule has 0 saturated heterocycles. The molecule has 0 aliphatic heterocycles. The zero-order valence-corrected chi connectivity index (χ0v) is 15.4. The second-order valence-electron chi connectivity index (χ2n) is 6.47. The van der Waals surface area contributed by atoms with Crippen LogP contribution in [0.1, 0.15) is 44.8 Å². The predicted molar refractivity (Wildman–Crippen MR) is 108 cm³/mol. The van der Waals surface area contributed by atoms with Crippen molar-refractivity contribution in [3.63, 3.8) is 0 Å². The van der Waals surface area contributed by atoms with Crippen molar-refractivity contribution in [3.8, 4) is 0 Å². The first-order valence-corrected chi connectivity index (χ1v) is 8.87.